The summed E-state index contributed by atoms with van der Waals surface area (Å²) in [6.07, 6.45) is 1.75. The van der Waals surface area contributed by atoms with Crippen LogP contribution in [0.25, 0.3) is 0 Å². The molecule has 0 bridgehead atoms. The molecule has 0 spiro atoms. The van der Waals surface area contributed by atoms with Gasteiger partial charge in [-0.1, -0.05) is 13.0 Å². The molecule has 1 fully saturated rings. The molecule has 7 nitrogen and oxygen atoms in total. The third kappa shape index (κ3) is 3.93. The SMILES string of the molecule is Cc1cc(CNC(=O)c2ccc([C@@H](C)[C@]3(C)CC(=O)NC3=O)cn2)cc(C)n1. The molecule has 1 saturated heterocycles. The van der Waals surface area contributed by atoms with Crippen molar-refractivity contribution < 1.29 is 14.4 Å². The van der Waals surface area contributed by atoms with Gasteiger partial charge in [0.1, 0.15) is 5.69 Å². The lowest BCUT2D eigenvalue weighted by atomic mass is 9.73. The van der Waals surface area contributed by atoms with Crippen LogP contribution in [0.2, 0.25) is 0 Å². The van der Waals surface area contributed by atoms with Gasteiger partial charge in [0.05, 0.1) is 5.41 Å². The molecule has 3 amide bonds. The molecule has 2 atom stereocenters. The van der Waals surface area contributed by atoms with E-state index in [9.17, 15) is 14.4 Å². The molecule has 0 unspecified atom stereocenters. The lowest BCUT2D eigenvalue weighted by Crippen LogP contribution is -2.33. The number of nitrogens with one attached hydrogen (secondary N) is 2. The summed E-state index contributed by atoms with van der Waals surface area (Å²) in [6, 6.07) is 7.29. The van der Waals surface area contributed by atoms with Crippen LogP contribution in [0.3, 0.4) is 0 Å². The maximum atomic E-state index is 12.4. The summed E-state index contributed by atoms with van der Waals surface area (Å²) in [5.41, 5.74) is 3.10. The molecule has 0 saturated carbocycles. The second-order valence-electron chi connectivity index (χ2n) is 7.61. The Morgan fingerprint density at radius 1 is 1.25 bits per heavy atom. The first kappa shape index (κ1) is 19.7. The van der Waals surface area contributed by atoms with Crippen LogP contribution in [0.1, 0.15) is 59.2 Å². The summed E-state index contributed by atoms with van der Waals surface area (Å²) < 4.78 is 0. The average molecular weight is 380 g/mol. The minimum absolute atomic E-state index is 0.153. The first-order chi connectivity index (χ1) is 13.2. The van der Waals surface area contributed by atoms with Gasteiger partial charge in [-0.15, -0.1) is 0 Å². The minimum Gasteiger partial charge on any atom is -0.347 e. The zero-order valence-corrected chi connectivity index (χ0v) is 16.5. The molecule has 2 N–H and O–H groups in total. The van der Waals surface area contributed by atoms with E-state index in [1.807, 2.05) is 32.9 Å². The van der Waals surface area contributed by atoms with Crippen LogP contribution in [-0.2, 0) is 16.1 Å². The van der Waals surface area contributed by atoms with E-state index in [0.717, 1.165) is 22.5 Å². The van der Waals surface area contributed by atoms with Crippen molar-refractivity contribution in [2.75, 3.05) is 0 Å². The standard InChI is InChI=1S/C21H24N4O3/c1-12-7-15(8-13(2)24-12)10-23-19(27)17-6-5-16(11-22-17)14(3)21(4)9-18(26)25-20(21)28/h5-8,11,14H,9-10H2,1-4H3,(H,23,27)(H,25,26,28)/t14-,21+/m1/s1. The highest BCUT2D eigenvalue weighted by molar-refractivity contribution is 6.06. The molecular formula is C21H24N4O3. The fourth-order valence-electron chi connectivity index (χ4n) is 3.54. The summed E-state index contributed by atoms with van der Waals surface area (Å²) in [4.78, 5) is 44.7. The second kappa shape index (κ2) is 7.50. The maximum absolute atomic E-state index is 12.4. The van der Waals surface area contributed by atoms with Gasteiger partial charge in [-0.3, -0.25) is 29.7 Å². The molecule has 2 aromatic rings. The van der Waals surface area contributed by atoms with Crippen molar-refractivity contribution >= 4 is 17.7 Å². The molecule has 3 rings (SSSR count). The predicted molar refractivity (Wildman–Crippen MR) is 103 cm³/mol. The topological polar surface area (TPSA) is 101 Å². The maximum Gasteiger partial charge on any atom is 0.270 e. The van der Waals surface area contributed by atoms with Gasteiger partial charge < -0.3 is 5.32 Å². The van der Waals surface area contributed by atoms with Crippen LogP contribution in [0.4, 0.5) is 0 Å². The fraction of sp³-hybridized carbons (Fsp3) is 0.381. The molecule has 0 aliphatic carbocycles. The Kier molecular flexibility index (Phi) is 5.27. The first-order valence-electron chi connectivity index (χ1n) is 9.21. The van der Waals surface area contributed by atoms with Crippen LogP contribution in [0, 0.1) is 19.3 Å². The van der Waals surface area contributed by atoms with Gasteiger partial charge in [0, 0.05) is 30.6 Å². The largest absolute Gasteiger partial charge is 0.347 e. The average Bonchev–Trinajstić information content (AvgIpc) is 2.91. The summed E-state index contributed by atoms with van der Waals surface area (Å²) >= 11 is 0. The van der Waals surface area contributed by atoms with Crippen LogP contribution in [0.15, 0.2) is 30.5 Å². The van der Waals surface area contributed by atoms with E-state index in [0.29, 0.717) is 12.2 Å². The van der Waals surface area contributed by atoms with Crippen molar-refractivity contribution in [2.45, 2.75) is 46.6 Å². The van der Waals surface area contributed by atoms with Crippen molar-refractivity contribution in [1.29, 1.82) is 0 Å². The van der Waals surface area contributed by atoms with Crippen molar-refractivity contribution in [3.05, 3.63) is 58.7 Å². The number of nitrogens with zero attached hydrogens (tertiary/aromatic N) is 2. The van der Waals surface area contributed by atoms with E-state index in [1.54, 1.807) is 25.3 Å². The normalized spacial score (nSPS) is 20.0. The van der Waals surface area contributed by atoms with Gasteiger partial charge in [-0.05, 0) is 56.0 Å². The summed E-state index contributed by atoms with van der Waals surface area (Å²) in [5.74, 6) is -1.00. The highest BCUT2D eigenvalue weighted by Crippen LogP contribution is 2.41. The molecule has 2 aromatic heterocycles. The third-order valence-corrected chi connectivity index (χ3v) is 5.37. The molecule has 28 heavy (non-hydrogen) atoms. The third-order valence-electron chi connectivity index (χ3n) is 5.37. The monoisotopic (exact) mass is 380 g/mol. The highest BCUT2D eigenvalue weighted by Gasteiger charge is 2.47. The van der Waals surface area contributed by atoms with Crippen LogP contribution in [-0.4, -0.2) is 27.7 Å². The Morgan fingerprint density at radius 3 is 2.46 bits per heavy atom. The zero-order valence-electron chi connectivity index (χ0n) is 16.5. The number of amides is 3. The Morgan fingerprint density at radius 2 is 1.93 bits per heavy atom. The molecule has 1 aliphatic rings. The van der Waals surface area contributed by atoms with Gasteiger partial charge in [0.15, 0.2) is 0 Å². The Bertz CT molecular complexity index is 919. The minimum atomic E-state index is -0.806. The number of carbonyl (C=O) groups is 3. The summed E-state index contributed by atoms with van der Waals surface area (Å²) in [6.45, 7) is 7.89. The number of hydrogen-bond donors (Lipinski definition) is 2. The zero-order chi connectivity index (χ0) is 20.5. The van der Waals surface area contributed by atoms with Crippen molar-refractivity contribution in [3.63, 3.8) is 0 Å². The fourth-order valence-corrected chi connectivity index (χ4v) is 3.54. The van der Waals surface area contributed by atoms with Crippen molar-refractivity contribution in [1.82, 2.24) is 20.6 Å². The van der Waals surface area contributed by atoms with Crippen molar-refractivity contribution in [3.8, 4) is 0 Å². The molecule has 1 aliphatic heterocycles. The van der Waals surface area contributed by atoms with E-state index >= 15 is 0 Å². The van der Waals surface area contributed by atoms with E-state index in [2.05, 4.69) is 20.6 Å². The van der Waals surface area contributed by atoms with Gasteiger partial charge in [0.2, 0.25) is 11.8 Å². The first-order valence-corrected chi connectivity index (χ1v) is 9.21. The lowest BCUT2D eigenvalue weighted by molar-refractivity contribution is -0.128. The van der Waals surface area contributed by atoms with E-state index in [4.69, 9.17) is 0 Å². The molecule has 7 heteroatoms. The van der Waals surface area contributed by atoms with E-state index in [-0.39, 0.29) is 30.1 Å². The number of carbonyl (C=O) groups excluding carboxylic acids is 3. The summed E-state index contributed by atoms with van der Waals surface area (Å²) in [5, 5.41) is 5.22. The molecule has 3 heterocycles. The molecule has 0 aromatic carbocycles. The second-order valence-corrected chi connectivity index (χ2v) is 7.61. The number of aromatic nitrogens is 2. The number of pyridine rings is 2. The Balaban J connectivity index is 1.67. The van der Waals surface area contributed by atoms with Gasteiger partial charge in [-0.2, -0.15) is 0 Å². The van der Waals surface area contributed by atoms with Gasteiger partial charge >= 0.3 is 0 Å². The number of imide groups is 1. The smallest absolute Gasteiger partial charge is 0.270 e. The predicted octanol–water partition coefficient (Wildman–Crippen LogP) is 2.18. The lowest BCUT2D eigenvalue weighted by Gasteiger charge is -2.27. The quantitative estimate of drug-likeness (QED) is 0.774. The Hall–Kier alpha value is -3.09. The van der Waals surface area contributed by atoms with Crippen LogP contribution in [0.5, 0.6) is 0 Å². The van der Waals surface area contributed by atoms with E-state index in [1.165, 1.54) is 0 Å². The van der Waals surface area contributed by atoms with Gasteiger partial charge in [0.25, 0.3) is 5.91 Å². The summed E-state index contributed by atoms with van der Waals surface area (Å²) in [7, 11) is 0. The molecule has 0 radical (unpaired) electrons. The van der Waals surface area contributed by atoms with Gasteiger partial charge in [-0.25, -0.2) is 0 Å². The number of aryl methyl sites for hydroxylation is 2. The molecule has 146 valence electrons. The van der Waals surface area contributed by atoms with Crippen LogP contribution >= 0.6 is 0 Å². The highest BCUT2D eigenvalue weighted by atomic mass is 16.2. The van der Waals surface area contributed by atoms with Crippen LogP contribution < -0.4 is 10.6 Å². The number of hydrogen-bond acceptors (Lipinski definition) is 5. The Labute approximate surface area is 164 Å². The van der Waals surface area contributed by atoms with Crippen molar-refractivity contribution in [2.24, 2.45) is 5.41 Å². The molecular weight excluding hydrogens is 356 g/mol. The number of rotatable bonds is 5. The van der Waals surface area contributed by atoms with E-state index < -0.39 is 5.41 Å².